The fourth-order valence-corrected chi connectivity index (χ4v) is 4.70. The van der Waals surface area contributed by atoms with E-state index in [0.29, 0.717) is 0 Å². The molecule has 0 N–H and O–H groups in total. The fraction of sp³-hybridized carbons (Fsp3) is 0.296. The molecule has 1 aliphatic rings. The second kappa shape index (κ2) is 8.94. The van der Waals surface area contributed by atoms with Crippen molar-refractivity contribution in [2.75, 3.05) is 26.7 Å². The Bertz CT molecular complexity index is 1160. The minimum atomic E-state index is 0.926. The van der Waals surface area contributed by atoms with Crippen molar-refractivity contribution >= 4 is 10.9 Å². The Hall–Kier alpha value is -3.11. The molecule has 0 atom stereocenters. The van der Waals surface area contributed by atoms with Gasteiger partial charge in [0.2, 0.25) is 0 Å². The van der Waals surface area contributed by atoms with Crippen LogP contribution in [0.2, 0.25) is 0 Å². The van der Waals surface area contributed by atoms with Gasteiger partial charge in [0.1, 0.15) is 5.75 Å². The summed E-state index contributed by atoms with van der Waals surface area (Å²) >= 11 is 0. The molecule has 0 bridgehead atoms. The maximum Gasteiger partial charge on any atom is 0.143 e. The number of fused-ring (bicyclic) bond motifs is 1. The van der Waals surface area contributed by atoms with E-state index in [1.54, 1.807) is 7.11 Å². The monoisotopic (exact) mass is 411 g/mol. The number of piperidine rings is 1. The maximum atomic E-state index is 5.75. The highest BCUT2D eigenvalue weighted by Gasteiger charge is 2.16. The summed E-state index contributed by atoms with van der Waals surface area (Å²) in [6.45, 7) is 4.46. The largest absolute Gasteiger partial charge is 0.495 e. The van der Waals surface area contributed by atoms with Crippen molar-refractivity contribution in [3.05, 3.63) is 73.2 Å². The molecule has 4 heteroatoms. The average molecular weight is 412 g/mol. The molecule has 1 fully saturated rings. The van der Waals surface area contributed by atoms with E-state index in [9.17, 15) is 0 Å². The highest BCUT2D eigenvalue weighted by molar-refractivity contribution is 5.99. The van der Waals surface area contributed by atoms with E-state index < -0.39 is 0 Å². The fourth-order valence-electron chi connectivity index (χ4n) is 4.70. The first-order valence-corrected chi connectivity index (χ1v) is 11.2. The van der Waals surface area contributed by atoms with Crippen LogP contribution in [0.15, 0.2) is 73.2 Å². The summed E-state index contributed by atoms with van der Waals surface area (Å²) in [5, 5.41) is 1.21. The molecule has 2 aromatic carbocycles. The number of hydrogen-bond acceptors (Lipinski definition) is 3. The number of rotatable bonds is 6. The Morgan fingerprint density at radius 2 is 1.65 bits per heavy atom. The molecule has 0 radical (unpaired) electrons. The predicted octanol–water partition coefficient (Wildman–Crippen LogP) is 5.86. The second-order valence-electron chi connectivity index (χ2n) is 8.32. The first kappa shape index (κ1) is 19.8. The molecule has 158 valence electrons. The molecule has 4 nitrogen and oxygen atoms in total. The molecule has 4 aromatic rings. The average Bonchev–Trinajstić information content (AvgIpc) is 3.23. The summed E-state index contributed by atoms with van der Waals surface area (Å²) in [6, 6.07) is 19.0. The van der Waals surface area contributed by atoms with Crippen LogP contribution < -0.4 is 4.74 Å². The van der Waals surface area contributed by atoms with Crippen LogP contribution in [0.25, 0.3) is 33.2 Å². The van der Waals surface area contributed by atoms with Gasteiger partial charge in [0.05, 0.1) is 12.6 Å². The van der Waals surface area contributed by atoms with Crippen LogP contribution in [0, 0.1) is 0 Å². The predicted molar refractivity (Wildman–Crippen MR) is 127 cm³/mol. The molecular weight excluding hydrogens is 382 g/mol. The van der Waals surface area contributed by atoms with Crippen molar-refractivity contribution < 1.29 is 4.74 Å². The third kappa shape index (κ3) is 4.08. The van der Waals surface area contributed by atoms with Crippen molar-refractivity contribution in [1.29, 1.82) is 0 Å². The Balaban J connectivity index is 1.55. The van der Waals surface area contributed by atoms with Crippen LogP contribution >= 0.6 is 0 Å². The number of hydrogen-bond donors (Lipinski definition) is 0. The zero-order chi connectivity index (χ0) is 21.0. The normalized spacial score (nSPS) is 14.7. The number of likely N-dealkylation sites (tertiary alicyclic amines) is 1. The zero-order valence-electron chi connectivity index (χ0n) is 18.1. The Kier molecular flexibility index (Phi) is 5.72. The van der Waals surface area contributed by atoms with Gasteiger partial charge in [0, 0.05) is 53.8 Å². The van der Waals surface area contributed by atoms with Crippen molar-refractivity contribution in [1.82, 2.24) is 14.5 Å². The van der Waals surface area contributed by atoms with Crippen LogP contribution in [0.1, 0.15) is 19.3 Å². The SMILES string of the molecule is COc1cccc2c(-c3cncc(-c4ccccc4)c3)cn(CCN3CCCCC3)c12. The Morgan fingerprint density at radius 1 is 0.839 bits per heavy atom. The van der Waals surface area contributed by atoms with Gasteiger partial charge in [-0.25, -0.2) is 0 Å². The van der Waals surface area contributed by atoms with Gasteiger partial charge >= 0.3 is 0 Å². The summed E-state index contributed by atoms with van der Waals surface area (Å²) in [5.41, 5.74) is 5.83. The van der Waals surface area contributed by atoms with E-state index in [1.165, 1.54) is 54.4 Å². The minimum absolute atomic E-state index is 0.926. The van der Waals surface area contributed by atoms with E-state index in [-0.39, 0.29) is 0 Å². The number of ether oxygens (including phenoxy) is 1. The molecule has 1 aliphatic heterocycles. The first-order valence-electron chi connectivity index (χ1n) is 11.2. The number of pyridine rings is 1. The first-order chi connectivity index (χ1) is 15.3. The number of aromatic nitrogens is 2. The third-order valence-corrected chi connectivity index (χ3v) is 6.34. The van der Waals surface area contributed by atoms with E-state index in [0.717, 1.165) is 30.0 Å². The number of methoxy groups -OCH3 is 1. The van der Waals surface area contributed by atoms with Crippen LogP contribution in [0.3, 0.4) is 0 Å². The number of benzene rings is 2. The van der Waals surface area contributed by atoms with E-state index in [2.05, 4.69) is 69.2 Å². The van der Waals surface area contributed by atoms with Crippen molar-refractivity contribution in [2.45, 2.75) is 25.8 Å². The summed E-state index contributed by atoms with van der Waals surface area (Å²) in [7, 11) is 1.76. The summed E-state index contributed by atoms with van der Waals surface area (Å²) in [5.74, 6) is 0.926. The topological polar surface area (TPSA) is 30.3 Å². The quantitative estimate of drug-likeness (QED) is 0.398. The van der Waals surface area contributed by atoms with E-state index in [4.69, 9.17) is 4.74 Å². The van der Waals surface area contributed by atoms with Gasteiger partial charge < -0.3 is 14.2 Å². The molecule has 0 saturated carbocycles. The Labute approximate surface area is 184 Å². The highest BCUT2D eigenvalue weighted by atomic mass is 16.5. The van der Waals surface area contributed by atoms with E-state index in [1.807, 2.05) is 18.5 Å². The van der Waals surface area contributed by atoms with Gasteiger partial charge in [-0.2, -0.15) is 0 Å². The van der Waals surface area contributed by atoms with Gasteiger partial charge in [0.25, 0.3) is 0 Å². The summed E-state index contributed by atoms with van der Waals surface area (Å²) < 4.78 is 8.12. The van der Waals surface area contributed by atoms with Crippen LogP contribution in [-0.4, -0.2) is 41.2 Å². The molecule has 0 aliphatic carbocycles. The molecule has 31 heavy (non-hydrogen) atoms. The molecule has 3 heterocycles. The molecule has 0 spiro atoms. The summed E-state index contributed by atoms with van der Waals surface area (Å²) in [6.07, 6.45) is 10.2. The molecule has 0 amide bonds. The number of nitrogens with zero attached hydrogens (tertiary/aromatic N) is 3. The lowest BCUT2D eigenvalue weighted by atomic mass is 10.0. The van der Waals surface area contributed by atoms with Gasteiger partial charge in [-0.05, 0) is 43.6 Å². The second-order valence-corrected chi connectivity index (χ2v) is 8.32. The molecular formula is C27H29N3O. The van der Waals surface area contributed by atoms with Crippen LogP contribution in [0.4, 0.5) is 0 Å². The molecule has 5 rings (SSSR count). The minimum Gasteiger partial charge on any atom is -0.495 e. The molecule has 0 unspecified atom stereocenters. The van der Waals surface area contributed by atoms with Gasteiger partial charge in [0.15, 0.2) is 0 Å². The van der Waals surface area contributed by atoms with E-state index >= 15 is 0 Å². The van der Waals surface area contributed by atoms with Crippen molar-refractivity contribution in [3.63, 3.8) is 0 Å². The van der Waals surface area contributed by atoms with Gasteiger partial charge in [-0.3, -0.25) is 4.98 Å². The summed E-state index contributed by atoms with van der Waals surface area (Å²) in [4.78, 5) is 7.15. The smallest absolute Gasteiger partial charge is 0.143 e. The van der Waals surface area contributed by atoms with Gasteiger partial charge in [-0.15, -0.1) is 0 Å². The maximum absolute atomic E-state index is 5.75. The van der Waals surface area contributed by atoms with Crippen LogP contribution in [0.5, 0.6) is 5.75 Å². The van der Waals surface area contributed by atoms with Crippen LogP contribution in [-0.2, 0) is 6.54 Å². The highest BCUT2D eigenvalue weighted by Crippen LogP contribution is 2.36. The lowest BCUT2D eigenvalue weighted by Crippen LogP contribution is -2.32. The lowest BCUT2D eigenvalue weighted by molar-refractivity contribution is 0.221. The van der Waals surface area contributed by atoms with Crippen molar-refractivity contribution in [3.8, 4) is 28.0 Å². The van der Waals surface area contributed by atoms with Gasteiger partial charge in [-0.1, -0.05) is 48.9 Å². The third-order valence-electron chi connectivity index (χ3n) is 6.34. The molecule has 2 aromatic heterocycles. The van der Waals surface area contributed by atoms with Crippen molar-refractivity contribution in [2.24, 2.45) is 0 Å². The number of para-hydroxylation sites is 1. The Morgan fingerprint density at radius 3 is 2.45 bits per heavy atom. The zero-order valence-corrected chi connectivity index (χ0v) is 18.1. The molecule has 1 saturated heterocycles. The standard InChI is InChI=1S/C27H29N3O/c1-31-26-12-8-11-24-25(20-30(27(24)26)16-15-29-13-6-3-7-14-29)23-17-22(18-28-19-23)21-9-4-2-5-10-21/h2,4-5,8-12,17-20H,3,6-7,13-16H2,1H3. The lowest BCUT2D eigenvalue weighted by Gasteiger charge is -2.26.